The van der Waals surface area contributed by atoms with Gasteiger partial charge >= 0.3 is 0 Å². The van der Waals surface area contributed by atoms with Crippen LogP contribution in [0.1, 0.15) is 29.6 Å². The summed E-state index contributed by atoms with van der Waals surface area (Å²) in [7, 11) is 0. The number of para-hydroxylation sites is 1. The molecule has 5 heteroatoms. The third kappa shape index (κ3) is 2.34. The molecule has 1 amide bonds. The number of carbonyl (C=O) groups excluding carboxylic acids is 2. The number of Topliss-reactive ketones (excluding diaryl/α,β-unsaturated/α-hetero) is 1. The monoisotopic (exact) mass is 292 g/mol. The van der Waals surface area contributed by atoms with Crippen molar-refractivity contribution in [3.05, 3.63) is 28.8 Å². The summed E-state index contributed by atoms with van der Waals surface area (Å²) in [6.07, 6.45) is 3.38. The number of carbonyl (C=O) groups is 2. The van der Waals surface area contributed by atoms with Crippen LogP contribution in [0.15, 0.2) is 18.2 Å². The topological polar surface area (TPSA) is 40.6 Å². The molecule has 1 fully saturated rings. The van der Waals surface area contributed by atoms with Gasteiger partial charge in [0.2, 0.25) is 0 Å². The summed E-state index contributed by atoms with van der Waals surface area (Å²) in [6.45, 7) is 3.81. The molecule has 20 heavy (non-hydrogen) atoms. The molecule has 0 spiro atoms. The van der Waals surface area contributed by atoms with Gasteiger partial charge in [-0.25, -0.2) is 0 Å². The van der Waals surface area contributed by atoms with Gasteiger partial charge in [-0.2, -0.15) is 0 Å². The van der Waals surface area contributed by atoms with E-state index in [4.69, 9.17) is 11.6 Å². The van der Waals surface area contributed by atoms with E-state index in [-0.39, 0.29) is 0 Å². The SMILES string of the molecule is O=C1C(=O)N(CCCN2CCCC2)c2c(Cl)cccc21. The highest BCUT2D eigenvalue weighted by Gasteiger charge is 2.36. The molecule has 3 rings (SSSR count). The lowest BCUT2D eigenvalue weighted by Gasteiger charge is -2.20. The normalized spacial score (nSPS) is 18.9. The number of hydrogen-bond acceptors (Lipinski definition) is 3. The third-order valence-electron chi connectivity index (χ3n) is 4.00. The Balaban J connectivity index is 1.70. The minimum Gasteiger partial charge on any atom is -0.303 e. The predicted molar refractivity (Wildman–Crippen MR) is 78.4 cm³/mol. The Kier molecular flexibility index (Phi) is 3.76. The van der Waals surface area contributed by atoms with Gasteiger partial charge < -0.3 is 9.80 Å². The van der Waals surface area contributed by atoms with E-state index in [0.29, 0.717) is 22.8 Å². The smallest absolute Gasteiger partial charge is 0.299 e. The second kappa shape index (κ2) is 5.54. The number of halogens is 1. The van der Waals surface area contributed by atoms with E-state index in [9.17, 15) is 9.59 Å². The fourth-order valence-electron chi connectivity index (χ4n) is 2.98. The van der Waals surface area contributed by atoms with Crippen molar-refractivity contribution in [1.82, 2.24) is 4.90 Å². The molecule has 0 N–H and O–H groups in total. The maximum absolute atomic E-state index is 12.0. The van der Waals surface area contributed by atoms with Crippen molar-refractivity contribution in [3.63, 3.8) is 0 Å². The average molecular weight is 293 g/mol. The lowest BCUT2D eigenvalue weighted by molar-refractivity contribution is -0.114. The number of likely N-dealkylation sites (tertiary alicyclic amines) is 1. The van der Waals surface area contributed by atoms with Gasteiger partial charge in [-0.15, -0.1) is 0 Å². The average Bonchev–Trinajstić information content (AvgIpc) is 3.03. The van der Waals surface area contributed by atoms with E-state index < -0.39 is 11.7 Å². The highest BCUT2D eigenvalue weighted by molar-refractivity contribution is 6.54. The second-order valence-electron chi connectivity index (χ2n) is 5.32. The van der Waals surface area contributed by atoms with Crippen LogP contribution < -0.4 is 4.90 Å². The van der Waals surface area contributed by atoms with Crippen LogP contribution in [0, 0.1) is 0 Å². The minimum absolute atomic E-state index is 0.434. The van der Waals surface area contributed by atoms with Crippen molar-refractivity contribution in [2.45, 2.75) is 19.3 Å². The molecule has 0 aliphatic carbocycles. The quantitative estimate of drug-likeness (QED) is 0.800. The number of amides is 1. The third-order valence-corrected chi connectivity index (χ3v) is 4.30. The van der Waals surface area contributed by atoms with Crippen molar-refractivity contribution in [2.24, 2.45) is 0 Å². The Labute approximate surface area is 123 Å². The van der Waals surface area contributed by atoms with Gasteiger partial charge in [0.05, 0.1) is 16.3 Å². The molecule has 0 saturated carbocycles. The van der Waals surface area contributed by atoms with E-state index in [0.717, 1.165) is 26.1 Å². The Morgan fingerprint density at radius 2 is 1.85 bits per heavy atom. The summed E-state index contributed by atoms with van der Waals surface area (Å²) in [6, 6.07) is 5.10. The lowest BCUT2D eigenvalue weighted by Crippen LogP contribution is -2.33. The van der Waals surface area contributed by atoms with Gasteiger partial charge in [0, 0.05) is 6.54 Å². The number of hydrogen-bond donors (Lipinski definition) is 0. The Morgan fingerprint density at radius 1 is 1.10 bits per heavy atom. The highest BCUT2D eigenvalue weighted by Crippen LogP contribution is 2.35. The first-order valence-electron chi connectivity index (χ1n) is 7.05. The van der Waals surface area contributed by atoms with Gasteiger partial charge in [0.15, 0.2) is 0 Å². The van der Waals surface area contributed by atoms with Crippen molar-refractivity contribution in [1.29, 1.82) is 0 Å². The molecule has 0 atom stereocenters. The Hall–Kier alpha value is -1.39. The van der Waals surface area contributed by atoms with E-state index in [1.807, 2.05) is 0 Å². The molecule has 0 bridgehead atoms. The van der Waals surface area contributed by atoms with Gasteiger partial charge in [-0.05, 0) is 51.0 Å². The highest BCUT2D eigenvalue weighted by atomic mass is 35.5. The van der Waals surface area contributed by atoms with E-state index in [2.05, 4.69) is 4.90 Å². The van der Waals surface area contributed by atoms with E-state index in [1.165, 1.54) is 17.7 Å². The molecule has 1 saturated heterocycles. The van der Waals surface area contributed by atoms with Crippen molar-refractivity contribution >= 4 is 29.0 Å². The van der Waals surface area contributed by atoms with E-state index >= 15 is 0 Å². The summed E-state index contributed by atoms with van der Waals surface area (Å²) in [5, 5.41) is 0.475. The zero-order valence-electron chi connectivity index (χ0n) is 11.3. The molecule has 106 valence electrons. The second-order valence-corrected chi connectivity index (χ2v) is 5.73. The molecule has 1 aromatic rings. The first-order valence-corrected chi connectivity index (χ1v) is 7.43. The van der Waals surface area contributed by atoms with Crippen LogP contribution in [-0.4, -0.2) is 42.8 Å². The Bertz CT molecular complexity index is 553. The summed E-state index contributed by atoms with van der Waals surface area (Å²) < 4.78 is 0. The number of ketones is 1. The van der Waals surface area contributed by atoms with Crippen LogP contribution in [0.4, 0.5) is 5.69 Å². The first-order chi connectivity index (χ1) is 9.68. The molecule has 2 heterocycles. The molecule has 2 aliphatic heterocycles. The number of nitrogens with zero attached hydrogens (tertiary/aromatic N) is 2. The predicted octanol–water partition coefficient (Wildman–Crippen LogP) is 2.36. The zero-order chi connectivity index (χ0) is 14.1. The number of fused-ring (bicyclic) bond motifs is 1. The maximum atomic E-state index is 12.0. The minimum atomic E-state index is -0.450. The van der Waals surface area contributed by atoms with Crippen molar-refractivity contribution in [2.75, 3.05) is 31.1 Å². The van der Waals surface area contributed by atoms with Crippen LogP contribution in [0.3, 0.4) is 0 Å². The van der Waals surface area contributed by atoms with Gasteiger partial charge in [0.25, 0.3) is 11.7 Å². The summed E-state index contributed by atoms with van der Waals surface area (Å²) in [5.41, 5.74) is 1.02. The molecule has 0 radical (unpaired) electrons. The molecule has 4 nitrogen and oxygen atoms in total. The Morgan fingerprint density at radius 3 is 2.60 bits per heavy atom. The van der Waals surface area contributed by atoms with E-state index in [1.54, 1.807) is 18.2 Å². The lowest BCUT2D eigenvalue weighted by atomic mass is 10.1. The number of benzene rings is 1. The zero-order valence-corrected chi connectivity index (χ0v) is 12.0. The largest absolute Gasteiger partial charge is 0.303 e. The molecular formula is C15H17ClN2O2. The standard InChI is InChI=1S/C15H17ClN2O2/c16-12-6-3-5-11-13(12)18(15(20)14(11)19)10-4-9-17-7-1-2-8-17/h3,5-6H,1-2,4,7-10H2. The fraction of sp³-hybridized carbons (Fsp3) is 0.467. The van der Waals surface area contributed by atoms with Gasteiger partial charge in [-0.3, -0.25) is 9.59 Å². The maximum Gasteiger partial charge on any atom is 0.299 e. The molecule has 1 aromatic carbocycles. The van der Waals surface area contributed by atoms with Crippen LogP contribution in [0.2, 0.25) is 5.02 Å². The van der Waals surface area contributed by atoms with Gasteiger partial charge in [0.1, 0.15) is 0 Å². The van der Waals surface area contributed by atoms with Crippen molar-refractivity contribution in [3.8, 4) is 0 Å². The van der Waals surface area contributed by atoms with Gasteiger partial charge in [-0.1, -0.05) is 17.7 Å². The fourth-order valence-corrected chi connectivity index (χ4v) is 3.26. The molecule has 2 aliphatic rings. The summed E-state index contributed by atoms with van der Waals surface area (Å²) in [5.74, 6) is -0.891. The van der Waals surface area contributed by atoms with Crippen LogP contribution in [0.25, 0.3) is 0 Å². The van der Waals surface area contributed by atoms with Crippen LogP contribution in [-0.2, 0) is 4.79 Å². The number of rotatable bonds is 4. The van der Waals surface area contributed by atoms with Crippen LogP contribution >= 0.6 is 11.6 Å². The molecule has 0 aromatic heterocycles. The summed E-state index contributed by atoms with van der Waals surface area (Å²) >= 11 is 6.14. The molecular weight excluding hydrogens is 276 g/mol. The van der Waals surface area contributed by atoms with Crippen molar-refractivity contribution < 1.29 is 9.59 Å². The number of anilines is 1. The first kappa shape index (κ1) is 13.6. The molecule has 0 unspecified atom stereocenters. The summed E-state index contributed by atoms with van der Waals surface area (Å²) in [4.78, 5) is 27.9. The van der Waals surface area contributed by atoms with Crippen LogP contribution in [0.5, 0.6) is 0 Å².